The van der Waals surface area contributed by atoms with Gasteiger partial charge in [-0.2, -0.15) is 48.5 Å². The van der Waals surface area contributed by atoms with E-state index in [1.807, 2.05) is 62.4 Å². The summed E-state index contributed by atoms with van der Waals surface area (Å²) in [4.78, 5) is 0. The van der Waals surface area contributed by atoms with Crippen LogP contribution in [0.1, 0.15) is 95.2 Å². The Balaban J connectivity index is -0.000000137. The van der Waals surface area contributed by atoms with Crippen molar-refractivity contribution < 1.29 is 32.7 Å². The molecule has 1 aliphatic carbocycles. The van der Waals surface area contributed by atoms with Gasteiger partial charge in [0.05, 0.1) is 0 Å². The van der Waals surface area contributed by atoms with Gasteiger partial charge >= 0.3 is 0 Å². The quantitative estimate of drug-likeness (QED) is 0.171. The second-order valence-corrected chi connectivity index (χ2v) is 7.46. The minimum atomic E-state index is 0. The first-order chi connectivity index (χ1) is 16.2. The summed E-state index contributed by atoms with van der Waals surface area (Å²) in [5.74, 6) is 0. The third kappa shape index (κ3) is 16.1. The van der Waals surface area contributed by atoms with Gasteiger partial charge in [0, 0.05) is 32.7 Å². The van der Waals surface area contributed by atoms with Crippen LogP contribution >= 0.6 is 0 Å². The van der Waals surface area contributed by atoms with Gasteiger partial charge in [0.15, 0.2) is 0 Å². The Hall–Kier alpha value is -2.02. The van der Waals surface area contributed by atoms with Gasteiger partial charge in [-0.05, 0) is 28.7 Å². The van der Waals surface area contributed by atoms with E-state index in [0.29, 0.717) is 0 Å². The Morgan fingerprint density at radius 2 is 0.789 bits per heavy atom. The molecule has 209 valence electrons. The summed E-state index contributed by atoms with van der Waals surface area (Å²) in [6.07, 6.45) is 3.60. The van der Waals surface area contributed by atoms with Crippen LogP contribution in [0.4, 0.5) is 0 Å². The second kappa shape index (κ2) is 29.5. The Kier molecular flexibility index (Phi) is 35.7. The Morgan fingerprint density at radius 1 is 0.500 bits per heavy atom. The molecule has 0 nitrogen and oxygen atoms in total. The molecule has 0 bridgehead atoms. The molecule has 5 rings (SSSR count). The van der Waals surface area contributed by atoms with Gasteiger partial charge in [-0.25, -0.2) is 11.1 Å². The Bertz CT molecular complexity index is 908. The molecule has 0 amide bonds. The van der Waals surface area contributed by atoms with E-state index in [4.69, 9.17) is 0 Å². The molecular weight excluding hydrogens is 533 g/mol. The van der Waals surface area contributed by atoms with Crippen LogP contribution in [0, 0.1) is 12.1 Å². The summed E-state index contributed by atoms with van der Waals surface area (Å²) in [6, 6.07) is 39.5. The molecule has 0 aromatic heterocycles. The zero-order valence-electron chi connectivity index (χ0n) is 21.9. The first kappa shape index (κ1) is 45.9. The fraction of sp³-hybridized carbons (Fsp3) is 0.351. The third-order valence-corrected chi connectivity index (χ3v) is 4.41. The summed E-state index contributed by atoms with van der Waals surface area (Å²) in [5.41, 5.74) is 7.94. The molecule has 0 fully saturated rings. The number of fused-ring (bicyclic) bond motifs is 3. The van der Waals surface area contributed by atoms with Crippen molar-refractivity contribution in [2.45, 2.75) is 90.5 Å². The predicted molar refractivity (Wildman–Crippen MR) is 174 cm³/mol. The van der Waals surface area contributed by atoms with Crippen LogP contribution in [0.2, 0.25) is 0 Å². The number of benzene rings is 4. The Labute approximate surface area is 264 Å². The first-order valence-electron chi connectivity index (χ1n) is 12.3. The topological polar surface area (TPSA) is 0 Å². The average Bonchev–Trinajstić information content (AvgIpc) is 3.27. The maximum atomic E-state index is 3.15. The van der Waals surface area contributed by atoms with Crippen LogP contribution in [0.5, 0.6) is 0 Å². The molecule has 0 heterocycles. The summed E-state index contributed by atoms with van der Waals surface area (Å²) in [7, 11) is 0. The van der Waals surface area contributed by atoms with Crippen molar-refractivity contribution in [3.8, 4) is 22.3 Å². The van der Waals surface area contributed by atoms with Crippen LogP contribution in [0.3, 0.4) is 0 Å². The van der Waals surface area contributed by atoms with E-state index in [1.54, 1.807) is 0 Å². The van der Waals surface area contributed by atoms with Crippen molar-refractivity contribution in [1.29, 1.82) is 0 Å². The SMILES string of the molecule is C.C.C.C.CC.CCC.CCC.[Y].[c-]1ccccc1-c1[c-]cccc1.c1ccc2c(c1)Cc1ccccc1-2. The summed E-state index contributed by atoms with van der Waals surface area (Å²) < 4.78 is 0. The molecule has 1 radical (unpaired) electrons. The monoisotopic (exact) mass is 589 g/mol. The van der Waals surface area contributed by atoms with Crippen molar-refractivity contribution >= 4 is 0 Å². The van der Waals surface area contributed by atoms with E-state index in [1.165, 1.54) is 35.1 Å². The van der Waals surface area contributed by atoms with E-state index in [2.05, 4.69) is 88.4 Å². The largest absolute Gasteiger partial charge is 0.226 e. The predicted octanol–water partition coefficient (Wildman–Crippen LogP) is 12.6. The van der Waals surface area contributed by atoms with Crippen molar-refractivity contribution in [2.75, 3.05) is 0 Å². The zero-order valence-corrected chi connectivity index (χ0v) is 24.8. The van der Waals surface area contributed by atoms with Crippen molar-refractivity contribution in [2.24, 2.45) is 0 Å². The van der Waals surface area contributed by atoms with E-state index >= 15 is 0 Å². The third-order valence-electron chi connectivity index (χ3n) is 4.41. The minimum Gasteiger partial charge on any atom is -0.226 e. The molecule has 4 aromatic rings. The van der Waals surface area contributed by atoms with Gasteiger partial charge in [0.25, 0.3) is 0 Å². The summed E-state index contributed by atoms with van der Waals surface area (Å²) >= 11 is 0. The fourth-order valence-corrected chi connectivity index (χ4v) is 3.20. The number of rotatable bonds is 1. The van der Waals surface area contributed by atoms with Gasteiger partial charge in [-0.1, -0.05) is 133 Å². The standard InChI is InChI=1S/C13H10.C12H8.2C3H8.C2H6.4CH4.Y/c1-3-7-12-10(5-1)9-11-6-2-4-8-13(11)12;1-3-7-11(8-4-1)12-9-5-2-6-10-12;2*1-3-2;1-2;;;;;/h1-8H,9H2;1-7,9H;2*3H2,1-2H3;1-2H3;4*1H4;/q;-2;;;;;;;;. The van der Waals surface area contributed by atoms with Crippen LogP contribution in [0.15, 0.2) is 97.1 Å². The first-order valence-corrected chi connectivity index (χ1v) is 12.3. The van der Waals surface area contributed by atoms with Gasteiger partial charge < -0.3 is 0 Å². The molecule has 0 saturated carbocycles. The number of hydrogen-bond donors (Lipinski definition) is 0. The van der Waals surface area contributed by atoms with E-state index < -0.39 is 0 Å². The summed E-state index contributed by atoms with van der Waals surface area (Å²) in [5, 5.41) is 0. The van der Waals surface area contributed by atoms with Crippen LogP contribution in [0.25, 0.3) is 22.3 Å². The molecular formula is C37H56Y-2. The molecule has 0 unspecified atom stereocenters. The van der Waals surface area contributed by atoms with Gasteiger partial charge in [-0.3, -0.25) is 0 Å². The number of hydrogen-bond acceptors (Lipinski definition) is 0. The van der Waals surface area contributed by atoms with Gasteiger partial charge in [0.1, 0.15) is 0 Å². The van der Waals surface area contributed by atoms with Crippen LogP contribution in [-0.4, -0.2) is 0 Å². The van der Waals surface area contributed by atoms with Crippen molar-refractivity contribution in [1.82, 2.24) is 0 Å². The molecule has 0 N–H and O–H groups in total. The molecule has 1 heteroatoms. The Morgan fingerprint density at radius 3 is 1.08 bits per heavy atom. The van der Waals surface area contributed by atoms with Crippen molar-refractivity contribution in [3.05, 3.63) is 120 Å². The normalized spacial score (nSPS) is 8.37. The molecule has 0 spiro atoms. The molecule has 0 saturated heterocycles. The average molecular weight is 590 g/mol. The van der Waals surface area contributed by atoms with Gasteiger partial charge in [0.2, 0.25) is 0 Å². The molecule has 4 aromatic carbocycles. The fourth-order valence-electron chi connectivity index (χ4n) is 3.20. The maximum absolute atomic E-state index is 3.15. The van der Waals surface area contributed by atoms with E-state index in [0.717, 1.165) is 17.5 Å². The van der Waals surface area contributed by atoms with E-state index in [9.17, 15) is 0 Å². The van der Waals surface area contributed by atoms with Crippen molar-refractivity contribution in [3.63, 3.8) is 0 Å². The van der Waals surface area contributed by atoms with Crippen LogP contribution < -0.4 is 0 Å². The molecule has 38 heavy (non-hydrogen) atoms. The maximum Gasteiger partial charge on any atom is 0 e. The summed E-state index contributed by atoms with van der Waals surface area (Å²) in [6.45, 7) is 12.5. The zero-order chi connectivity index (χ0) is 24.3. The van der Waals surface area contributed by atoms with E-state index in [-0.39, 0.29) is 62.4 Å². The molecule has 1 aliphatic rings. The smallest absolute Gasteiger partial charge is 0 e. The molecule has 0 atom stereocenters. The van der Waals surface area contributed by atoms with Crippen LogP contribution in [-0.2, 0) is 39.1 Å². The van der Waals surface area contributed by atoms with Gasteiger partial charge in [-0.15, -0.1) is 12.1 Å². The second-order valence-electron chi connectivity index (χ2n) is 7.46. The minimum absolute atomic E-state index is 0. The molecule has 0 aliphatic heterocycles.